The first-order chi connectivity index (χ1) is 11.3. The first-order valence-electron chi connectivity index (χ1n) is 6.77. The van der Waals surface area contributed by atoms with Gasteiger partial charge in [-0.05, 0) is 36.4 Å². The van der Waals surface area contributed by atoms with Gasteiger partial charge in [0.05, 0.1) is 12.0 Å². The van der Waals surface area contributed by atoms with E-state index in [0.29, 0.717) is 5.69 Å². The first kappa shape index (κ1) is 17.4. The number of benzene rings is 1. The molecule has 0 aliphatic rings. The summed E-state index contributed by atoms with van der Waals surface area (Å²) < 4.78 is 31.5. The van der Waals surface area contributed by atoms with Crippen molar-refractivity contribution in [2.75, 3.05) is 17.1 Å². The molecule has 0 bridgehead atoms. The second-order valence-electron chi connectivity index (χ2n) is 4.71. The van der Waals surface area contributed by atoms with Crippen LogP contribution >= 0.6 is 0 Å². The molecule has 0 aliphatic carbocycles. The molecule has 8 nitrogen and oxygen atoms in total. The number of pyridine rings is 1. The van der Waals surface area contributed by atoms with Crippen LogP contribution in [0.25, 0.3) is 0 Å². The summed E-state index contributed by atoms with van der Waals surface area (Å²) in [5.74, 6) is -0.938. The Morgan fingerprint density at radius 2 is 1.75 bits per heavy atom. The Kier molecular flexibility index (Phi) is 5.14. The Hall–Kier alpha value is -2.94. The number of nitrogens with zero attached hydrogens (tertiary/aromatic N) is 1. The summed E-state index contributed by atoms with van der Waals surface area (Å²) >= 11 is 0. The lowest BCUT2D eigenvalue weighted by Crippen LogP contribution is -2.15. The number of hydrogen-bond donors (Lipinski definition) is 2. The third kappa shape index (κ3) is 4.29. The van der Waals surface area contributed by atoms with Crippen LogP contribution in [-0.4, -0.2) is 32.4 Å². The van der Waals surface area contributed by atoms with Crippen molar-refractivity contribution >= 4 is 33.4 Å². The molecule has 1 aromatic carbocycles. The van der Waals surface area contributed by atoms with Gasteiger partial charge in [0.15, 0.2) is 5.69 Å². The molecule has 0 atom stereocenters. The largest absolute Gasteiger partial charge is 0.464 e. The number of carbonyl (C=O) groups excluding carboxylic acids is 2. The predicted molar refractivity (Wildman–Crippen MR) is 87.1 cm³/mol. The Bertz CT molecular complexity index is 863. The number of amides is 1. The molecule has 1 heterocycles. The van der Waals surface area contributed by atoms with Gasteiger partial charge in [-0.15, -0.1) is 0 Å². The van der Waals surface area contributed by atoms with Gasteiger partial charge in [-0.3, -0.25) is 9.52 Å². The molecule has 2 N–H and O–H groups in total. The lowest BCUT2D eigenvalue weighted by atomic mass is 10.3. The number of nitrogens with one attached hydrogen (secondary N) is 2. The van der Waals surface area contributed by atoms with Crippen molar-refractivity contribution in [2.45, 2.75) is 11.8 Å². The predicted octanol–water partition coefficient (Wildman–Crippen LogP) is 1.63. The number of esters is 1. The minimum atomic E-state index is -3.89. The van der Waals surface area contributed by atoms with Crippen LogP contribution in [0.1, 0.15) is 17.4 Å². The molecule has 9 heteroatoms. The highest BCUT2D eigenvalue weighted by atomic mass is 32.2. The molecule has 2 aromatic rings. The van der Waals surface area contributed by atoms with Gasteiger partial charge in [0.1, 0.15) is 5.82 Å². The second-order valence-corrected chi connectivity index (χ2v) is 6.39. The standard InChI is InChI=1S/C15H15N3O5S/c1-10(19)16-11-6-8-12(9-7-11)24(21,22)18-14-5-3-4-13(17-14)15(20)23-2/h3-9H,1-2H3,(H,16,19)(H,17,18). The van der Waals surface area contributed by atoms with Crippen molar-refractivity contribution in [2.24, 2.45) is 0 Å². The van der Waals surface area contributed by atoms with Gasteiger partial charge in [-0.1, -0.05) is 6.07 Å². The van der Waals surface area contributed by atoms with E-state index in [1.165, 1.54) is 56.5 Å². The quantitative estimate of drug-likeness (QED) is 0.793. The van der Waals surface area contributed by atoms with Crippen molar-refractivity contribution in [1.29, 1.82) is 0 Å². The minimum Gasteiger partial charge on any atom is -0.464 e. The van der Waals surface area contributed by atoms with Crippen LogP contribution < -0.4 is 10.0 Å². The maximum Gasteiger partial charge on any atom is 0.356 e. The highest BCUT2D eigenvalue weighted by molar-refractivity contribution is 7.92. The van der Waals surface area contributed by atoms with E-state index in [0.717, 1.165) is 0 Å². The number of hydrogen-bond acceptors (Lipinski definition) is 6. The van der Waals surface area contributed by atoms with Crippen LogP contribution in [0.3, 0.4) is 0 Å². The lowest BCUT2D eigenvalue weighted by molar-refractivity contribution is -0.114. The van der Waals surface area contributed by atoms with Gasteiger partial charge in [-0.25, -0.2) is 18.2 Å². The van der Waals surface area contributed by atoms with Gasteiger partial charge in [0.25, 0.3) is 10.0 Å². The van der Waals surface area contributed by atoms with Crippen molar-refractivity contribution < 1.29 is 22.7 Å². The van der Waals surface area contributed by atoms with Gasteiger partial charge in [0.2, 0.25) is 5.91 Å². The van der Waals surface area contributed by atoms with Gasteiger partial charge >= 0.3 is 5.97 Å². The summed E-state index contributed by atoms with van der Waals surface area (Å²) in [6, 6.07) is 9.93. The number of methoxy groups -OCH3 is 1. The van der Waals surface area contributed by atoms with Crippen molar-refractivity contribution in [3.63, 3.8) is 0 Å². The number of anilines is 2. The topological polar surface area (TPSA) is 114 Å². The maximum atomic E-state index is 12.3. The molecule has 0 saturated carbocycles. The molecule has 0 radical (unpaired) electrons. The Labute approximate surface area is 138 Å². The molecular formula is C15H15N3O5S. The highest BCUT2D eigenvalue weighted by Crippen LogP contribution is 2.17. The Morgan fingerprint density at radius 3 is 2.33 bits per heavy atom. The number of ether oxygens (including phenoxy) is 1. The number of rotatable bonds is 5. The molecule has 2 rings (SSSR count). The molecule has 0 fully saturated rings. The highest BCUT2D eigenvalue weighted by Gasteiger charge is 2.16. The zero-order valence-electron chi connectivity index (χ0n) is 12.9. The lowest BCUT2D eigenvalue weighted by Gasteiger charge is -2.09. The van der Waals surface area contributed by atoms with Crippen molar-refractivity contribution in [1.82, 2.24) is 4.98 Å². The summed E-state index contributed by atoms with van der Waals surface area (Å²) in [7, 11) is -2.68. The van der Waals surface area contributed by atoms with Gasteiger partial charge < -0.3 is 10.1 Å². The van der Waals surface area contributed by atoms with E-state index in [1.54, 1.807) is 0 Å². The first-order valence-corrected chi connectivity index (χ1v) is 8.26. The minimum absolute atomic E-state index is 0.0103. The average molecular weight is 349 g/mol. The SMILES string of the molecule is COC(=O)c1cccc(NS(=O)(=O)c2ccc(NC(C)=O)cc2)n1. The third-order valence-electron chi connectivity index (χ3n) is 2.87. The number of aromatic nitrogens is 1. The average Bonchev–Trinajstić information content (AvgIpc) is 2.54. The summed E-state index contributed by atoms with van der Waals surface area (Å²) in [6.07, 6.45) is 0. The zero-order chi connectivity index (χ0) is 17.7. The third-order valence-corrected chi connectivity index (χ3v) is 4.24. The molecule has 1 aromatic heterocycles. The summed E-state index contributed by atoms with van der Waals surface area (Å²) in [6.45, 7) is 1.35. The van der Waals surface area contributed by atoms with Crippen LogP contribution in [0.5, 0.6) is 0 Å². The van der Waals surface area contributed by atoms with Gasteiger partial charge in [0, 0.05) is 12.6 Å². The van der Waals surface area contributed by atoms with Crippen molar-refractivity contribution in [3.8, 4) is 0 Å². The van der Waals surface area contributed by atoms with E-state index in [-0.39, 0.29) is 22.3 Å². The summed E-state index contributed by atoms with van der Waals surface area (Å²) in [5, 5.41) is 2.54. The molecule has 1 amide bonds. The van der Waals surface area contributed by atoms with Gasteiger partial charge in [-0.2, -0.15) is 0 Å². The smallest absolute Gasteiger partial charge is 0.356 e. The van der Waals surface area contributed by atoms with E-state index < -0.39 is 16.0 Å². The van der Waals surface area contributed by atoms with Crippen molar-refractivity contribution in [3.05, 3.63) is 48.2 Å². The van der Waals surface area contributed by atoms with Crippen LogP contribution in [0, 0.1) is 0 Å². The molecule has 0 spiro atoms. The molecule has 0 unspecified atom stereocenters. The Morgan fingerprint density at radius 1 is 1.08 bits per heavy atom. The fourth-order valence-electron chi connectivity index (χ4n) is 1.83. The Balaban J connectivity index is 2.22. The molecule has 126 valence electrons. The number of carbonyl (C=O) groups is 2. The fraction of sp³-hybridized carbons (Fsp3) is 0.133. The second kappa shape index (κ2) is 7.09. The van der Waals surface area contributed by atoms with E-state index >= 15 is 0 Å². The summed E-state index contributed by atoms with van der Waals surface area (Å²) in [4.78, 5) is 26.3. The van der Waals surface area contributed by atoms with E-state index in [1.807, 2.05) is 0 Å². The van der Waals surface area contributed by atoms with Crippen LogP contribution in [-0.2, 0) is 19.6 Å². The molecule has 0 saturated heterocycles. The molecular weight excluding hydrogens is 334 g/mol. The molecule has 24 heavy (non-hydrogen) atoms. The van der Waals surface area contributed by atoms with E-state index in [4.69, 9.17) is 0 Å². The normalized spacial score (nSPS) is 10.8. The van der Waals surface area contributed by atoms with E-state index in [9.17, 15) is 18.0 Å². The summed E-state index contributed by atoms with van der Waals surface area (Å²) in [5.41, 5.74) is 0.464. The van der Waals surface area contributed by atoms with Crippen LogP contribution in [0.4, 0.5) is 11.5 Å². The monoisotopic (exact) mass is 349 g/mol. The number of sulfonamides is 1. The van der Waals surface area contributed by atoms with Crippen LogP contribution in [0.2, 0.25) is 0 Å². The van der Waals surface area contributed by atoms with E-state index in [2.05, 4.69) is 19.8 Å². The molecule has 0 aliphatic heterocycles. The maximum absolute atomic E-state index is 12.3. The fourth-order valence-corrected chi connectivity index (χ4v) is 2.83. The zero-order valence-corrected chi connectivity index (χ0v) is 13.8. The van der Waals surface area contributed by atoms with Crippen LogP contribution in [0.15, 0.2) is 47.4 Å².